The first-order chi connectivity index (χ1) is 11.9. The molecule has 1 amide bonds. The van der Waals surface area contributed by atoms with E-state index < -0.39 is 18.2 Å². The zero-order valence-electron chi connectivity index (χ0n) is 16.0. The zero-order chi connectivity index (χ0) is 18.4. The Hall–Kier alpha value is -1.14. The third-order valence-electron chi connectivity index (χ3n) is 5.58. The van der Waals surface area contributed by atoms with Gasteiger partial charge in [-0.25, -0.2) is 4.79 Å². The SMILES string of the molecule is CC(OC(=O)C(C)OCC1CCCO1)C(=O)NC1CCCC(C)C1C. The van der Waals surface area contributed by atoms with Gasteiger partial charge in [-0.1, -0.05) is 26.7 Å². The highest BCUT2D eigenvalue weighted by atomic mass is 16.6. The highest BCUT2D eigenvalue weighted by Gasteiger charge is 2.31. The van der Waals surface area contributed by atoms with Crippen LogP contribution in [-0.2, 0) is 23.8 Å². The summed E-state index contributed by atoms with van der Waals surface area (Å²) in [6.45, 7) is 8.78. The number of carbonyl (C=O) groups excluding carboxylic acids is 2. The van der Waals surface area contributed by atoms with Crippen LogP contribution in [0.2, 0.25) is 0 Å². The molecule has 6 nitrogen and oxygen atoms in total. The molecule has 0 aromatic carbocycles. The van der Waals surface area contributed by atoms with Gasteiger partial charge in [-0.05, 0) is 44.9 Å². The van der Waals surface area contributed by atoms with Crippen LogP contribution in [-0.4, -0.2) is 49.4 Å². The highest BCUT2D eigenvalue weighted by molar-refractivity contribution is 5.84. The van der Waals surface area contributed by atoms with Crippen molar-refractivity contribution < 1.29 is 23.8 Å². The zero-order valence-corrected chi connectivity index (χ0v) is 16.0. The van der Waals surface area contributed by atoms with Gasteiger partial charge in [0, 0.05) is 12.6 Å². The second-order valence-corrected chi connectivity index (χ2v) is 7.57. The van der Waals surface area contributed by atoms with Gasteiger partial charge in [-0.2, -0.15) is 0 Å². The van der Waals surface area contributed by atoms with Crippen LogP contribution in [0, 0.1) is 11.8 Å². The van der Waals surface area contributed by atoms with E-state index in [0.717, 1.165) is 32.3 Å². The van der Waals surface area contributed by atoms with Crippen molar-refractivity contribution in [3.63, 3.8) is 0 Å². The summed E-state index contributed by atoms with van der Waals surface area (Å²) in [5, 5.41) is 3.04. The molecule has 1 heterocycles. The molecular weight excluding hydrogens is 322 g/mol. The van der Waals surface area contributed by atoms with Crippen molar-refractivity contribution in [3.8, 4) is 0 Å². The molecule has 1 saturated heterocycles. The number of ether oxygens (including phenoxy) is 3. The third-order valence-corrected chi connectivity index (χ3v) is 5.58. The van der Waals surface area contributed by atoms with Crippen molar-refractivity contribution in [1.29, 1.82) is 0 Å². The Morgan fingerprint density at radius 3 is 2.56 bits per heavy atom. The number of nitrogens with one attached hydrogen (secondary N) is 1. The largest absolute Gasteiger partial charge is 0.451 e. The molecule has 1 aliphatic carbocycles. The van der Waals surface area contributed by atoms with Gasteiger partial charge >= 0.3 is 5.97 Å². The Labute approximate surface area is 151 Å². The Bertz CT molecular complexity index is 449. The minimum absolute atomic E-state index is 0.0609. The lowest BCUT2D eigenvalue weighted by Crippen LogP contribution is -2.48. The third kappa shape index (κ3) is 5.96. The fourth-order valence-electron chi connectivity index (χ4n) is 3.50. The number of rotatable bonds is 7. The van der Waals surface area contributed by atoms with Crippen LogP contribution in [0.5, 0.6) is 0 Å². The molecule has 6 atom stereocenters. The first kappa shape index (κ1) is 20.2. The maximum Gasteiger partial charge on any atom is 0.335 e. The van der Waals surface area contributed by atoms with Gasteiger partial charge in [0.05, 0.1) is 12.7 Å². The second kappa shape index (κ2) is 9.53. The molecule has 6 heteroatoms. The molecule has 1 saturated carbocycles. The summed E-state index contributed by atoms with van der Waals surface area (Å²) in [7, 11) is 0. The smallest absolute Gasteiger partial charge is 0.335 e. The van der Waals surface area contributed by atoms with E-state index in [2.05, 4.69) is 19.2 Å². The molecule has 2 aliphatic rings. The molecule has 25 heavy (non-hydrogen) atoms. The van der Waals surface area contributed by atoms with Crippen molar-refractivity contribution in [2.75, 3.05) is 13.2 Å². The van der Waals surface area contributed by atoms with Crippen LogP contribution >= 0.6 is 0 Å². The minimum Gasteiger partial charge on any atom is -0.451 e. The first-order valence-corrected chi connectivity index (χ1v) is 9.62. The summed E-state index contributed by atoms with van der Waals surface area (Å²) in [6, 6.07) is 0.158. The number of hydrogen-bond donors (Lipinski definition) is 1. The van der Waals surface area contributed by atoms with E-state index in [1.807, 2.05) is 0 Å². The molecular formula is C19H33NO5. The molecule has 0 aromatic rings. The average molecular weight is 355 g/mol. The minimum atomic E-state index is -0.814. The molecule has 0 bridgehead atoms. The van der Waals surface area contributed by atoms with E-state index in [-0.39, 0.29) is 18.1 Å². The van der Waals surface area contributed by atoms with Crippen LogP contribution in [0.4, 0.5) is 0 Å². The number of esters is 1. The maximum absolute atomic E-state index is 12.3. The monoisotopic (exact) mass is 355 g/mol. The summed E-state index contributed by atoms with van der Waals surface area (Å²) in [6.07, 6.45) is 3.85. The molecule has 1 N–H and O–H groups in total. The maximum atomic E-state index is 12.3. The average Bonchev–Trinajstić information content (AvgIpc) is 3.10. The van der Waals surface area contributed by atoms with Gasteiger partial charge < -0.3 is 19.5 Å². The number of carbonyl (C=O) groups is 2. The summed E-state index contributed by atoms with van der Waals surface area (Å²) in [4.78, 5) is 24.4. The molecule has 144 valence electrons. The van der Waals surface area contributed by atoms with E-state index >= 15 is 0 Å². The summed E-state index contributed by atoms with van der Waals surface area (Å²) < 4.78 is 16.3. The molecule has 0 spiro atoms. The fourth-order valence-corrected chi connectivity index (χ4v) is 3.50. The fraction of sp³-hybridized carbons (Fsp3) is 0.895. The van der Waals surface area contributed by atoms with Crippen LogP contribution < -0.4 is 5.32 Å². The van der Waals surface area contributed by atoms with Crippen molar-refractivity contribution in [3.05, 3.63) is 0 Å². The summed E-state index contributed by atoms with van der Waals surface area (Å²) in [5.74, 6) is 0.300. The van der Waals surface area contributed by atoms with Gasteiger partial charge in [0.15, 0.2) is 12.2 Å². The lowest BCUT2D eigenvalue weighted by atomic mass is 9.78. The van der Waals surface area contributed by atoms with Crippen molar-refractivity contribution in [1.82, 2.24) is 5.32 Å². The first-order valence-electron chi connectivity index (χ1n) is 9.62. The van der Waals surface area contributed by atoms with E-state index in [0.29, 0.717) is 18.4 Å². The molecule has 2 rings (SSSR count). The Balaban J connectivity index is 1.72. The number of amides is 1. The molecule has 1 aliphatic heterocycles. The molecule has 0 radical (unpaired) electrons. The quantitative estimate of drug-likeness (QED) is 0.710. The second-order valence-electron chi connectivity index (χ2n) is 7.57. The van der Waals surface area contributed by atoms with Crippen LogP contribution in [0.25, 0.3) is 0 Å². The van der Waals surface area contributed by atoms with E-state index in [1.54, 1.807) is 13.8 Å². The Morgan fingerprint density at radius 2 is 1.88 bits per heavy atom. The van der Waals surface area contributed by atoms with Crippen molar-refractivity contribution >= 4 is 11.9 Å². The highest BCUT2D eigenvalue weighted by Crippen LogP contribution is 2.29. The Morgan fingerprint density at radius 1 is 1.12 bits per heavy atom. The van der Waals surface area contributed by atoms with Gasteiger partial charge in [-0.15, -0.1) is 0 Å². The molecule has 2 fully saturated rings. The van der Waals surface area contributed by atoms with Crippen LogP contribution in [0.3, 0.4) is 0 Å². The van der Waals surface area contributed by atoms with Gasteiger partial charge in [0.25, 0.3) is 5.91 Å². The standard InChI is InChI=1S/C19H33NO5/c1-12-7-5-9-17(13(12)2)20-18(21)14(3)25-19(22)15(4)24-11-16-8-6-10-23-16/h12-17H,5-11H2,1-4H3,(H,20,21). The lowest BCUT2D eigenvalue weighted by Gasteiger charge is -2.35. The van der Waals surface area contributed by atoms with E-state index in [4.69, 9.17) is 14.2 Å². The predicted molar refractivity (Wildman–Crippen MR) is 94.1 cm³/mol. The van der Waals surface area contributed by atoms with Crippen molar-refractivity contribution in [2.45, 2.75) is 84.2 Å². The van der Waals surface area contributed by atoms with Gasteiger partial charge in [0.2, 0.25) is 0 Å². The lowest BCUT2D eigenvalue weighted by molar-refractivity contribution is -0.166. The summed E-state index contributed by atoms with van der Waals surface area (Å²) >= 11 is 0. The topological polar surface area (TPSA) is 73.9 Å². The summed E-state index contributed by atoms with van der Waals surface area (Å²) in [5.41, 5.74) is 0. The normalized spacial score (nSPS) is 32.0. The number of hydrogen-bond acceptors (Lipinski definition) is 5. The van der Waals surface area contributed by atoms with Crippen LogP contribution in [0.15, 0.2) is 0 Å². The predicted octanol–water partition coefficient (Wildman–Crippen LogP) is 2.44. The molecule has 6 unspecified atom stereocenters. The van der Waals surface area contributed by atoms with E-state index in [9.17, 15) is 9.59 Å². The molecule has 0 aromatic heterocycles. The van der Waals surface area contributed by atoms with E-state index in [1.165, 1.54) is 6.42 Å². The van der Waals surface area contributed by atoms with Gasteiger partial charge in [-0.3, -0.25) is 4.79 Å². The van der Waals surface area contributed by atoms with Gasteiger partial charge in [0.1, 0.15) is 0 Å². The van der Waals surface area contributed by atoms with Crippen LogP contribution in [0.1, 0.15) is 59.8 Å². The van der Waals surface area contributed by atoms with Crippen molar-refractivity contribution in [2.24, 2.45) is 11.8 Å². The Kier molecular flexibility index (Phi) is 7.69.